The van der Waals surface area contributed by atoms with Crippen LogP contribution in [0.25, 0.3) is 0 Å². The molecular formula is C16H24Cl2N2OS. The summed E-state index contributed by atoms with van der Waals surface area (Å²) < 4.78 is 0. The SMILES string of the molecule is CC(N)C1CCCCN1C(=O)CCSc1ccc(Cl)cc1.Cl. The molecule has 1 saturated heterocycles. The van der Waals surface area contributed by atoms with Crippen LogP contribution in [0, 0.1) is 0 Å². The molecule has 0 saturated carbocycles. The second-order valence-electron chi connectivity index (χ2n) is 5.56. The predicted molar refractivity (Wildman–Crippen MR) is 97.0 cm³/mol. The number of nitrogens with two attached hydrogens (primary N) is 1. The van der Waals surface area contributed by atoms with Crippen LogP contribution in [0.1, 0.15) is 32.6 Å². The van der Waals surface area contributed by atoms with E-state index >= 15 is 0 Å². The minimum Gasteiger partial charge on any atom is -0.338 e. The molecule has 0 spiro atoms. The maximum atomic E-state index is 12.4. The number of piperidine rings is 1. The average Bonchev–Trinajstić information content (AvgIpc) is 2.49. The van der Waals surface area contributed by atoms with E-state index < -0.39 is 0 Å². The fraction of sp³-hybridized carbons (Fsp3) is 0.562. The molecule has 2 unspecified atom stereocenters. The Morgan fingerprint density at radius 1 is 1.41 bits per heavy atom. The Bertz CT molecular complexity index is 468. The van der Waals surface area contributed by atoms with Gasteiger partial charge in [0, 0.05) is 40.7 Å². The first kappa shape index (κ1) is 19.6. The van der Waals surface area contributed by atoms with Crippen molar-refractivity contribution in [1.82, 2.24) is 4.90 Å². The van der Waals surface area contributed by atoms with Crippen LogP contribution < -0.4 is 5.73 Å². The van der Waals surface area contributed by atoms with Crippen LogP contribution in [0.5, 0.6) is 0 Å². The number of halogens is 2. The molecule has 6 heteroatoms. The zero-order valence-electron chi connectivity index (χ0n) is 12.8. The van der Waals surface area contributed by atoms with E-state index in [-0.39, 0.29) is 30.4 Å². The number of carbonyl (C=O) groups is 1. The molecule has 0 radical (unpaired) electrons. The molecule has 2 rings (SSSR count). The normalized spacial score (nSPS) is 19.4. The molecule has 1 aliphatic rings. The molecule has 1 heterocycles. The first-order chi connectivity index (χ1) is 10.1. The predicted octanol–water partition coefficient (Wildman–Crippen LogP) is 3.97. The van der Waals surface area contributed by atoms with Crippen molar-refractivity contribution < 1.29 is 4.79 Å². The van der Waals surface area contributed by atoms with Gasteiger partial charge in [0.1, 0.15) is 0 Å². The molecule has 0 bridgehead atoms. The standard InChI is InChI=1S/C16H23ClN2OS.ClH/c1-12(18)15-4-2-3-10-19(15)16(20)9-11-21-14-7-5-13(17)6-8-14;/h5-8,12,15H,2-4,9-11,18H2,1H3;1H. The number of amides is 1. The largest absolute Gasteiger partial charge is 0.338 e. The van der Waals surface area contributed by atoms with Crippen molar-refractivity contribution in [2.45, 2.75) is 49.6 Å². The number of likely N-dealkylation sites (tertiary alicyclic amines) is 1. The Morgan fingerprint density at radius 3 is 2.73 bits per heavy atom. The quantitative estimate of drug-likeness (QED) is 0.805. The lowest BCUT2D eigenvalue weighted by molar-refractivity contribution is -0.134. The third-order valence-corrected chi connectivity index (χ3v) is 5.14. The Morgan fingerprint density at radius 2 is 2.09 bits per heavy atom. The van der Waals surface area contributed by atoms with Crippen LogP contribution in [0.3, 0.4) is 0 Å². The molecule has 1 fully saturated rings. The fourth-order valence-electron chi connectivity index (χ4n) is 2.74. The molecule has 1 aromatic rings. The van der Waals surface area contributed by atoms with Gasteiger partial charge < -0.3 is 10.6 Å². The van der Waals surface area contributed by atoms with Crippen LogP contribution >= 0.6 is 35.8 Å². The third kappa shape index (κ3) is 5.65. The van der Waals surface area contributed by atoms with Crippen LogP contribution in [0.2, 0.25) is 5.02 Å². The second-order valence-corrected chi connectivity index (χ2v) is 7.17. The Hall–Kier alpha value is -0.420. The summed E-state index contributed by atoms with van der Waals surface area (Å²) in [7, 11) is 0. The molecule has 1 amide bonds. The number of benzene rings is 1. The summed E-state index contributed by atoms with van der Waals surface area (Å²) in [5, 5.41) is 0.739. The summed E-state index contributed by atoms with van der Waals surface area (Å²) in [4.78, 5) is 15.5. The van der Waals surface area contributed by atoms with Gasteiger partial charge in [-0.25, -0.2) is 0 Å². The third-order valence-electron chi connectivity index (χ3n) is 3.87. The van der Waals surface area contributed by atoms with E-state index in [4.69, 9.17) is 17.3 Å². The summed E-state index contributed by atoms with van der Waals surface area (Å²) in [6, 6.07) is 8.00. The van der Waals surface area contributed by atoms with Crippen molar-refractivity contribution in [2.24, 2.45) is 5.73 Å². The van der Waals surface area contributed by atoms with Gasteiger partial charge in [-0.15, -0.1) is 24.2 Å². The lowest BCUT2D eigenvalue weighted by Crippen LogP contribution is -2.51. The van der Waals surface area contributed by atoms with Gasteiger partial charge >= 0.3 is 0 Å². The van der Waals surface area contributed by atoms with Crippen molar-refractivity contribution >= 4 is 41.7 Å². The molecule has 1 aromatic carbocycles. The zero-order chi connectivity index (χ0) is 15.2. The highest BCUT2D eigenvalue weighted by molar-refractivity contribution is 7.99. The van der Waals surface area contributed by atoms with Crippen LogP contribution in [0.4, 0.5) is 0 Å². The summed E-state index contributed by atoms with van der Waals surface area (Å²) >= 11 is 7.56. The smallest absolute Gasteiger partial charge is 0.223 e. The average molecular weight is 363 g/mol. The monoisotopic (exact) mass is 362 g/mol. The number of carbonyl (C=O) groups excluding carboxylic acids is 1. The lowest BCUT2D eigenvalue weighted by Gasteiger charge is -2.38. The van der Waals surface area contributed by atoms with Crippen molar-refractivity contribution in [1.29, 1.82) is 0 Å². The zero-order valence-corrected chi connectivity index (χ0v) is 15.2. The van der Waals surface area contributed by atoms with Crippen molar-refractivity contribution in [2.75, 3.05) is 12.3 Å². The molecule has 0 aromatic heterocycles. The van der Waals surface area contributed by atoms with Gasteiger partial charge in [0.15, 0.2) is 0 Å². The van der Waals surface area contributed by atoms with E-state index in [0.29, 0.717) is 6.42 Å². The van der Waals surface area contributed by atoms with Gasteiger partial charge in [-0.3, -0.25) is 4.79 Å². The Balaban J connectivity index is 0.00000242. The number of nitrogens with zero attached hydrogens (tertiary/aromatic N) is 1. The van der Waals surface area contributed by atoms with Gasteiger partial charge in [-0.1, -0.05) is 11.6 Å². The molecule has 0 aliphatic carbocycles. The minimum atomic E-state index is 0. The summed E-state index contributed by atoms with van der Waals surface area (Å²) in [5.74, 6) is 1.03. The van der Waals surface area contributed by atoms with Crippen LogP contribution in [-0.4, -0.2) is 35.2 Å². The van der Waals surface area contributed by atoms with Gasteiger partial charge in [-0.2, -0.15) is 0 Å². The molecule has 2 N–H and O–H groups in total. The minimum absolute atomic E-state index is 0. The number of hydrogen-bond acceptors (Lipinski definition) is 3. The van der Waals surface area contributed by atoms with Crippen molar-refractivity contribution in [3.8, 4) is 0 Å². The van der Waals surface area contributed by atoms with Crippen LogP contribution in [-0.2, 0) is 4.79 Å². The number of hydrogen-bond donors (Lipinski definition) is 1. The van der Waals surface area contributed by atoms with Crippen molar-refractivity contribution in [3.05, 3.63) is 29.3 Å². The molecule has 3 nitrogen and oxygen atoms in total. The summed E-state index contributed by atoms with van der Waals surface area (Å²) in [6.45, 7) is 2.86. The molecular weight excluding hydrogens is 339 g/mol. The molecule has 124 valence electrons. The van der Waals surface area contributed by atoms with Gasteiger partial charge in [0.05, 0.1) is 0 Å². The Labute approximate surface area is 148 Å². The van der Waals surface area contributed by atoms with Crippen molar-refractivity contribution in [3.63, 3.8) is 0 Å². The second kappa shape index (κ2) is 9.66. The maximum absolute atomic E-state index is 12.4. The molecule has 1 aliphatic heterocycles. The molecule has 2 atom stereocenters. The number of thioether (sulfide) groups is 1. The van der Waals surface area contributed by atoms with E-state index in [9.17, 15) is 4.79 Å². The highest BCUT2D eigenvalue weighted by Crippen LogP contribution is 2.23. The first-order valence-corrected chi connectivity index (χ1v) is 8.87. The van der Waals surface area contributed by atoms with Gasteiger partial charge in [-0.05, 0) is 50.5 Å². The van der Waals surface area contributed by atoms with E-state index in [2.05, 4.69) is 0 Å². The lowest BCUT2D eigenvalue weighted by atomic mass is 9.96. The first-order valence-electron chi connectivity index (χ1n) is 7.51. The maximum Gasteiger partial charge on any atom is 0.223 e. The Kier molecular flexibility index (Phi) is 8.62. The van der Waals surface area contributed by atoms with E-state index in [1.54, 1.807) is 11.8 Å². The van der Waals surface area contributed by atoms with E-state index in [0.717, 1.165) is 35.1 Å². The number of rotatable bonds is 5. The van der Waals surface area contributed by atoms with Crippen LogP contribution in [0.15, 0.2) is 29.2 Å². The van der Waals surface area contributed by atoms with E-state index in [1.807, 2.05) is 36.1 Å². The van der Waals surface area contributed by atoms with Gasteiger partial charge in [0.25, 0.3) is 0 Å². The molecule has 22 heavy (non-hydrogen) atoms. The summed E-state index contributed by atoms with van der Waals surface area (Å²) in [5.41, 5.74) is 6.02. The fourth-order valence-corrected chi connectivity index (χ4v) is 3.71. The topological polar surface area (TPSA) is 46.3 Å². The highest BCUT2D eigenvalue weighted by Gasteiger charge is 2.28. The van der Waals surface area contributed by atoms with Gasteiger partial charge in [0.2, 0.25) is 5.91 Å². The van der Waals surface area contributed by atoms with E-state index in [1.165, 1.54) is 6.42 Å². The highest BCUT2D eigenvalue weighted by atomic mass is 35.5. The summed E-state index contributed by atoms with van der Waals surface area (Å²) in [6.07, 6.45) is 3.87.